The van der Waals surface area contributed by atoms with Crippen LogP contribution in [0.15, 0.2) is 40.8 Å². The van der Waals surface area contributed by atoms with Crippen molar-refractivity contribution in [2.24, 2.45) is 0 Å². The van der Waals surface area contributed by atoms with Crippen LogP contribution in [0.3, 0.4) is 0 Å². The summed E-state index contributed by atoms with van der Waals surface area (Å²) in [5.41, 5.74) is 2.00. The van der Waals surface area contributed by atoms with Gasteiger partial charge in [0.05, 0.1) is 0 Å². The van der Waals surface area contributed by atoms with E-state index in [1.807, 2.05) is 20.8 Å². The number of likely N-dealkylation sites (N-methyl/N-ethyl adjacent to an activating group) is 1. The van der Waals surface area contributed by atoms with E-state index in [4.69, 9.17) is 15.4 Å². The summed E-state index contributed by atoms with van der Waals surface area (Å²) in [6.07, 6.45) is 3.66. The molecule has 0 fully saturated rings. The quantitative estimate of drug-likeness (QED) is 0.454. The van der Waals surface area contributed by atoms with Crippen LogP contribution in [-0.2, 0) is 13.8 Å². The van der Waals surface area contributed by atoms with Crippen LogP contribution in [0.5, 0.6) is 5.75 Å². The number of ether oxygens (including phenoxy) is 1. The van der Waals surface area contributed by atoms with Gasteiger partial charge in [0.2, 0.25) is 0 Å². The van der Waals surface area contributed by atoms with Gasteiger partial charge >= 0.3 is 174 Å². The number of amides is 2. The molecule has 0 bridgehead atoms. The number of benzene rings is 1. The van der Waals surface area contributed by atoms with E-state index in [2.05, 4.69) is 10.6 Å². The van der Waals surface area contributed by atoms with E-state index in [1.165, 1.54) is 19.1 Å². The van der Waals surface area contributed by atoms with Crippen LogP contribution in [0.1, 0.15) is 36.2 Å². The Labute approximate surface area is 188 Å². The van der Waals surface area contributed by atoms with Crippen molar-refractivity contribution in [3.05, 3.63) is 52.0 Å². The van der Waals surface area contributed by atoms with E-state index in [0.717, 1.165) is 11.1 Å². The Morgan fingerprint density at radius 1 is 1.26 bits per heavy atom. The summed E-state index contributed by atoms with van der Waals surface area (Å²) in [5.74, 6) is 1.37. The van der Waals surface area contributed by atoms with Gasteiger partial charge in [-0.3, -0.25) is 0 Å². The van der Waals surface area contributed by atoms with Crippen molar-refractivity contribution in [1.29, 1.82) is 0 Å². The van der Waals surface area contributed by atoms with Crippen LogP contribution < -0.4 is 15.4 Å². The zero-order valence-corrected chi connectivity index (χ0v) is 19.5. The maximum atomic E-state index is 12.8. The summed E-state index contributed by atoms with van der Waals surface area (Å²) in [6.45, 7) is 7.35. The number of allylic oxidation sites excluding steroid dienone is 3. The molecule has 7 nitrogen and oxygen atoms in total. The van der Waals surface area contributed by atoms with Crippen molar-refractivity contribution in [2.75, 3.05) is 7.05 Å². The molecule has 2 amide bonds. The van der Waals surface area contributed by atoms with Crippen molar-refractivity contribution in [1.82, 2.24) is 10.6 Å². The second-order valence-electron chi connectivity index (χ2n) is 7.43. The Kier molecular flexibility index (Phi) is 8.65. The number of hydrogen-bond donors (Lipinski definition) is 2. The Hall–Kier alpha value is -2.39. The average molecular weight is 465 g/mol. The number of rotatable bonds is 8. The van der Waals surface area contributed by atoms with Gasteiger partial charge < -0.3 is 0 Å². The van der Waals surface area contributed by atoms with Crippen molar-refractivity contribution < 1.29 is 22.7 Å². The molecule has 1 atom stereocenters. The molecule has 0 aliphatic carbocycles. The molecule has 1 aromatic carbocycles. The Morgan fingerprint density at radius 2 is 1.97 bits per heavy atom. The predicted octanol–water partition coefficient (Wildman–Crippen LogP) is 2.33. The van der Waals surface area contributed by atoms with Crippen LogP contribution in [0, 0.1) is 6.92 Å². The molecule has 0 radical (unpaired) electrons. The first-order valence-corrected chi connectivity index (χ1v) is 12.1. The number of hydrogen-bond acceptors (Lipinski definition) is 5. The third-order valence-electron chi connectivity index (χ3n) is 4.56. The summed E-state index contributed by atoms with van der Waals surface area (Å²) < 4.78 is 28.7. The second kappa shape index (κ2) is 10.8. The molecule has 1 unspecified atom stereocenters. The first kappa shape index (κ1) is 24.9. The molecule has 1 heterocycles. The normalized spacial score (nSPS) is 14.6. The van der Waals surface area contributed by atoms with Gasteiger partial charge in [-0.25, -0.2) is 0 Å². The molecule has 0 aromatic heterocycles. The molecule has 1 aromatic rings. The van der Waals surface area contributed by atoms with Crippen LogP contribution in [-0.4, -0.2) is 52.3 Å². The van der Waals surface area contributed by atoms with Gasteiger partial charge in [-0.1, -0.05) is 0 Å². The molecule has 2 N–H and O–H groups in total. The first-order chi connectivity index (χ1) is 14.5. The molecule has 2 rings (SSSR count). The minimum absolute atomic E-state index is 0.0151. The van der Waals surface area contributed by atoms with Crippen molar-refractivity contribution in [3.8, 4) is 5.75 Å². The minimum atomic E-state index is -3.85. The number of aryl methyl sites for hydroxylation is 1. The molecule has 1 aliphatic heterocycles. The second-order valence-corrected chi connectivity index (χ2v) is 10.00. The van der Waals surface area contributed by atoms with Crippen LogP contribution in [0.2, 0.25) is 6.32 Å². The zero-order chi connectivity index (χ0) is 23.2. The SMILES string of the molecule is CNC(=O)C(CC1=CC=C(S(=O)(=O)Cl)C=BC1)NC(=O)c1ccc(OC(C)C)c(C)c1. The van der Waals surface area contributed by atoms with E-state index in [-0.39, 0.29) is 23.3 Å². The molecule has 31 heavy (non-hydrogen) atoms. The van der Waals surface area contributed by atoms with Gasteiger partial charge in [0.1, 0.15) is 0 Å². The van der Waals surface area contributed by atoms with Crippen molar-refractivity contribution in [2.45, 2.75) is 45.7 Å². The van der Waals surface area contributed by atoms with Gasteiger partial charge in [0, 0.05) is 0 Å². The third kappa shape index (κ3) is 7.36. The van der Waals surface area contributed by atoms with Crippen LogP contribution >= 0.6 is 10.7 Å². The monoisotopic (exact) mass is 464 g/mol. The van der Waals surface area contributed by atoms with E-state index in [1.54, 1.807) is 31.2 Å². The summed E-state index contributed by atoms with van der Waals surface area (Å²) in [7, 11) is 3.03. The molecular formula is C21H26BClN2O5S. The van der Waals surface area contributed by atoms with E-state index in [9.17, 15) is 18.0 Å². The Morgan fingerprint density at radius 3 is 2.55 bits per heavy atom. The topological polar surface area (TPSA) is 102 Å². The Bertz CT molecular complexity index is 1050. The average Bonchev–Trinajstić information content (AvgIpc) is 2.93. The fraction of sp³-hybridized carbons (Fsp3) is 0.381. The van der Waals surface area contributed by atoms with Gasteiger partial charge in [-0.05, 0) is 13.8 Å². The standard InChI is InChI=1S/C21H26BClN2O5S/c1-13(2)30-19-8-6-16(9-14(19)3)20(26)25-18(21(27)24-4)10-15-5-7-17(12-22-11-15)31(23,28)29/h5-9,12-13,18H,10-11H2,1-4H3,(H,24,27)(H,25,26). The molecule has 0 spiro atoms. The van der Waals surface area contributed by atoms with E-state index in [0.29, 0.717) is 17.6 Å². The fourth-order valence-electron chi connectivity index (χ4n) is 3.03. The first-order valence-electron chi connectivity index (χ1n) is 9.82. The van der Waals surface area contributed by atoms with E-state index >= 15 is 0 Å². The van der Waals surface area contributed by atoms with Crippen molar-refractivity contribution in [3.63, 3.8) is 0 Å². The predicted molar refractivity (Wildman–Crippen MR) is 124 cm³/mol. The summed E-state index contributed by atoms with van der Waals surface area (Å²) >= 11 is 0. The van der Waals surface area contributed by atoms with E-state index < -0.39 is 21.0 Å². The number of carbonyl (C=O) groups is 2. The Balaban J connectivity index is 2.19. The summed E-state index contributed by atoms with van der Waals surface area (Å²) in [4.78, 5) is 25.1. The molecule has 166 valence electrons. The summed E-state index contributed by atoms with van der Waals surface area (Å²) in [5, 5.41) is 5.31. The number of carbonyl (C=O) groups excluding carboxylic acids is 2. The molecule has 10 heteroatoms. The van der Waals surface area contributed by atoms with Gasteiger partial charge in [0.15, 0.2) is 0 Å². The van der Waals surface area contributed by atoms with Crippen LogP contribution in [0.4, 0.5) is 0 Å². The van der Waals surface area contributed by atoms with Gasteiger partial charge in [-0.15, -0.1) is 0 Å². The molecule has 1 aliphatic rings. The third-order valence-corrected chi connectivity index (χ3v) is 5.93. The van der Waals surface area contributed by atoms with Gasteiger partial charge in [-0.2, -0.15) is 0 Å². The van der Waals surface area contributed by atoms with Crippen LogP contribution in [0.25, 0.3) is 0 Å². The molecule has 0 saturated heterocycles. The molecular weight excluding hydrogens is 439 g/mol. The summed E-state index contributed by atoms with van der Waals surface area (Å²) in [6, 6.07) is 4.26. The fourth-order valence-corrected chi connectivity index (χ4v) is 3.83. The zero-order valence-electron chi connectivity index (χ0n) is 17.9. The molecule has 0 saturated carbocycles. The maximum absolute atomic E-state index is 12.8. The van der Waals surface area contributed by atoms with Crippen molar-refractivity contribution >= 4 is 44.4 Å². The van der Waals surface area contributed by atoms with Gasteiger partial charge in [0.25, 0.3) is 0 Å². The number of nitrogens with one attached hydrogen (secondary N) is 2. The number of halogens is 1.